The predicted molar refractivity (Wildman–Crippen MR) is 99.5 cm³/mol. The predicted octanol–water partition coefficient (Wildman–Crippen LogP) is 3.78. The molecule has 26 heavy (non-hydrogen) atoms. The molecule has 0 unspecified atom stereocenters. The van der Waals surface area contributed by atoms with Gasteiger partial charge < -0.3 is 4.74 Å². The first-order valence-electron chi connectivity index (χ1n) is 8.26. The van der Waals surface area contributed by atoms with Crippen molar-refractivity contribution in [2.45, 2.75) is 20.3 Å². The van der Waals surface area contributed by atoms with Crippen LogP contribution in [-0.2, 0) is 0 Å². The molecule has 1 N–H and O–H groups in total. The van der Waals surface area contributed by atoms with Crippen LogP contribution in [0.15, 0.2) is 53.6 Å². The second kappa shape index (κ2) is 9.31. The van der Waals surface area contributed by atoms with Crippen LogP contribution >= 0.6 is 0 Å². The Morgan fingerprint density at radius 3 is 2.42 bits per heavy atom. The van der Waals surface area contributed by atoms with E-state index < -0.39 is 4.92 Å². The minimum absolute atomic E-state index is 0.00175. The SMILES string of the molecule is CC(C)CCOc1ccc(C(=O)NN=Cc2ccc([N+](=O)[O-])cc2)cc1. The summed E-state index contributed by atoms with van der Waals surface area (Å²) in [6.45, 7) is 4.91. The highest BCUT2D eigenvalue weighted by Gasteiger charge is 2.05. The van der Waals surface area contributed by atoms with Crippen molar-refractivity contribution < 1.29 is 14.5 Å². The van der Waals surface area contributed by atoms with Crippen LogP contribution in [0.1, 0.15) is 36.2 Å². The zero-order valence-corrected chi connectivity index (χ0v) is 14.7. The number of hydrogen-bond donors (Lipinski definition) is 1. The normalized spacial score (nSPS) is 10.9. The Morgan fingerprint density at radius 2 is 1.85 bits per heavy atom. The Bertz CT molecular complexity index is 768. The fourth-order valence-electron chi connectivity index (χ4n) is 2.03. The van der Waals surface area contributed by atoms with Crippen LogP contribution in [0.4, 0.5) is 5.69 Å². The van der Waals surface area contributed by atoms with Gasteiger partial charge in [0.1, 0.15) is 5.75 Å². The number of rotatable bonds is 8. The molecule has 0 aliphatic heterocycles. The molecule has 0 aliphatic rings. The monoisotopic (exact) mass is 355 g/mol. The van der Waals surface area contributed by atoms with Gasteiger partial charge in [-0.1, -0.05) is 13.8 Å². The first kappa shape index (κ1) is 19.1. The molecular weight excluding hydrogens is 334 g/mol. The minimum atomic E-state index is -0.473. The summed E-state index contributed by atoms with van der Waals surface area (Å²) >= 11 is 0. The summed E-state index contributed by atoms with van der Waals surface area (Å²) in [6, 6.07) is 12.7. The van der Waals surface area contributed by atoms with Gasteiger partial charge in [-0.25, -0.2) is 5.43 Å². The fraction of sp³-hybridized carbons (Fsp3) is 0.263. The maximum absolute atomic E-state index is 12.0. The molecule has 0 spiro atoms. The van der Waals surface area contributed by atoms with E-state index in [1.807, 2.05) is 0 Å². The molecule has 7 nitrogen and oxygen atoms in total. The summed E-state index contributed by atoms with van der Waals surface area (Å²) in [4.78, 5) is 22.2. The number of nitro benzene ring substituents is 1. The molecule has 0 bridgehead atoms. The van der Waals surface area contributed by atoms with Gasteiger partial charge in [0.2, 0.25) is 0 Å². The second-order valence-corrected chi connectivity index (χ2v) is 6.10. The Kier molecular flexibility index (Phi) is 6.84. The molecule has 0 radical (unpaired) electrons. The zero-order chi connectivity index (χ0) is 18.9. The number of hydrogen-bond acceptors (Lipinski definition) is 5. The first-order valence-corrected chi connectivity index (χ1v) is 8.26. The number of nitro groups is 1. The summed E-state index contributed by atoms with van der Waals surface area (Å²) in [5.74, 6) is 0.946. The Morgan fingerprint density at radius 1 is 1.19 bits per heavy atom. The van der Waals surface area contributed by atoms with Gasteiger partial charge >= 0.3 is 0 Å². The molecule has 2 aromatic carbocycles. The van der Waals surface area contributed by atoms with Gasteiger partial charge in [-0.15, -0.1) is 0 Å². The van der Waals surface area contributed by atoms with Crippen molar-refractivity contribution in [2.24, 2.45) is 11.0 Å². The van der Waals surface area contributed by atoms with E-state index in [0.717, 1.165) is 12.2 Å². The number of non-ortho nitro benzene ring substituents is 1. The number of nitrogens with zero attached hydrogens (tertiary/aromatic N) is 2. The number of ether oxygens (including phenoxy) is 1. The van der Waals surface area contributed by atoms with Gasteiger partial charge in [-0.3, -0.25) is 14.9 Å². The van der Waals surface area contributed by atoms with E-state index >= 15 is 0 Å². The molecule has 136 valence electrons. The molecule has 0 saturated carbocycles. The van der Waals surface area contributed by atoms with Gasteiger partial charge in [0.05, 0.1) is 17.7 Å². The molecule has 0 fully saturated rings. The van der Waals surface area contributed by atoms with E-state index in [2.05, 4.69) is 24.4 Å². The smallest absolute Gasteiger partial charge is 0.271 e. The summed E-state index contributed by atoms with van der Waals surface area (Å²) in [5, 5.41) is 14.4. The highest BCUT2D eigenvalue weighted by molar-refractivity contribution is 5.95. The van der Waals surface area contributed by atoms with Crippen LogP contribution in [0.5, 0.6) is 5.75 Å². The molecule has 0 aliphatic carbocycles. The Balaban J connectivity index is 1.86. The lowest BCUT2D eigenvalue weighted by atomic mass is 10.1. The van der Waals surface area contributed by atoms with Gasteiger partial charge in [-0.05, 0) is 54.3 Å². The highest BCUT2D eigenvalue weighted by Crippen LogP contribution is 2.13. The van der Waals surface area contributed by atoms with Crippen LogP contribution in [-0.4, -0.2) is 23.7 Å². The lowest BCUT2D eigenvalue weighted by molar-refractivity contribution is -0.384. The van der Waals surface area contributed by atoms with E-state index in [-0.39, 0.29) is 11.6 Å². The van der Waals surface area contributed by atoms with Gasteiger partial charge in [-0.2, -0.15) is 5.10 Å². The van der Waals surface area contributed by atoms with Crippen molar-refractivity contribution in [3.8, 4) is 5.75 Å². The molecule has 0 heterocycles. The largest absolute Gasteiger partial charge is 0.494 e. The van der Waals surface area contributed by atoms with Crippen molar-refractivity contribution in [3.63, 3.8) is 0 Å². The third-order valence-corrected chi connectivity index (χ3v) is 3.56. The van der Waals surface area contributed by atoms with Crippen molar-refractivity contribution in [1.82, 2.24) is 5.43 Å². The van der Waals surface area contributed by atoms with Gasteiger partial charge in [0.25, 0.3) is 11.6 Å². The molecule has 0 aromatic heterocycles. The molecule has 2 rings (SSSR count). The number of benzene rings is 2. The van der Waals surface area contributed by atoms with Crippen molar-refractivity contribution in [2.75, 3.05) is 6.61 Å². The molecule has 0 saturated heterocycles. The third-order valence-electron chi connectivity index (χ3n) is 3.56. The lowest BCUT2D eigenvalue weighted by Crippen LogP contribution is -2.17. The molecule has 7 heteroatoms. The zero-order valence-electron chi connectivity index (χ0n) is 14.7. The standard InChI is InChI=1S/C19H21N3O4/c1-14(2)11-12-26-18-9-5-16(6-10-18)19(23)21-20-13-15-3-7-17(8-4-15)22(24)25/h3-10,13-14H,11-12H2,1-2H3,(H,21,23). The van der Waals surface area contributed by atoms with Crippen LogP contribution in [0.2, 0.25) is 0 Å². The number of hydrazone groups is 1. The summed E-state index contributed by atoms with van der Waals surface area (Å²) in [6.07, 6.45) is 2.39. The first-order chi connectivity index (χ1) is 12.5. The summed E-state index contributed by atoms with van der Waals surface area (Å²) in [7, 11) is 0. The van der Waals surface area contributed by atoms with Crippen molar-refractivity contribution >= 4 is 17.8 Å². The minimum Gasteiger partial charge on any atom is -0.494 e. The van der Waals surface area contributed by atoms with Crippen LogP contribution in [0.3, 0.4) is 0 Å². The maximum Gasteiger partial charge on any atom is 0.271 e. The fourth-order valence-corrected chi connectivity index (χ4v) is 2.03. The van der Waals surface area contributed by atoms with E-state index in [0.29, 0.717) is 23.7 Å². The lowest BCUT2D eigenvalue weighted by Gasteiger charge is -2.08. The van der Waals surface area contributed by atoms with Gasteiger partial charge in [0.15, 0.2) is 0 Å². The Hall–Kier alpha value is -3.22. The Labute approximate surface area is 151 Å². The van der Waals surface area contributed by atoms with Crippen LogP contribution in [0, 0.1) is 16.0 Å². The van der Waals surface area contributed by atoms with Crippen molar-refractivity contribution in [3.05, 3.63) is 69.8 Å². The topological polar surface area (TPSA) is 93.8 Å². The molecular formula is C19H21N3O4. The number of amides is 1. The number of nitrogens with one attached hydrogen (secondary N) is 1. The number of carbonyl (C=O) groups is 1. The van der Waals surface area contributed by atoms with Gasteiger partial charge in [0, 0.05) is 17.7 Å². The number of carbonyl (C=O) groups excluding carboxylic acids is 1. The quantitative estimate of drug-likeness (QED) is 0.443. The van der Waals surface area contributed by atoms with E-state index in [1.54, 1.807) is 36.4 Å². The highest BCUT2D eigenvalue weighted by atomic mass is 16.6. The second-order valence-electron chi connectivity index (χ2n) is 6.10. The van der Waals surface area contributed by atoms with Crippen LogP contribution < -0.4 is 10.2 Å². The van der Waals surface area contributed by atoms with E-state index in [9.17, 15) is 14.9 Å². The summed E-state index contributed by atoms with van der Waals surface area (Å²) < 4.78 is 5.61. The average molecular weight is 355 g/mol. The molecule has 1 amide bonds. The third kappa shape index (κ3) is 6.01. The molecule has 0 atom stereocenters. The van der Waals surface area contributed by atoms with Crippen molar-refractivity contribution in [1.29, 1.82) is 0 Å². The molecule has 2 aromatic rings. The van der Waals surface area contributed by atoms with E-state index in [4.69, 9.17) is 4.74 Å². The van der Waals surface area contributed by atoms with E-state index in [1.165, 1.54) is 18.3 Å². The maximum atomic E-state index is 12.0. The average Bonchev–Trinajstić information content (AvgIpc) is 2.62. The van der Waals surface area contributed by atoms with Crippen LogP contribution in [0.25, 0.3) is 0 Å². The summed E-state index contributed by atoms with van der Waals surface area (Å²) in [5.41, 5.74) is 3.52.